The third-order valence-corrected chi connectivity index (χ3v) is 10.0. The highest BCUT2D eigenvalue weighted by molar-refractivity contribution is 6.43. The Hall–Kier alpha value is -0.830. The zero-order valence-corrected chi connectivity index (χ0v) is 16.3. The molecule has 0 bridgehead atoms. The van der Waals surface area contributed by atoms with Crippen molar-refractivity contribution in [2.45, 2.75) is 70.3 Å². The summed E-state index contributed by atoms with van der Waals surface area (Å²) in [5.41, 5.74) is 2.13. The average Bonchev–Trinajstić information content (AvgIpc) is 3.26. The molecule has 8 atom stereocenters. The van der Waals surface area contributed by atoms with Gasteiger partial charge in [-0.3, -0.25) is 4.79 Å². The molecule has 4 heteroatoms. The third kappa shape index (κ3) is 1.73. The molecule has 1 heterocycles. The lowest BCUT2D eigenvalue weighted by atomic mass is 9.49. The van der Waals surface area contributed by atoms with Crippen LogP contribution in [0, 0.1) is 46.3 Å². The molecule has 1 saturated heterocycles. The maximum atomic E-state index is 12.1. The summed E-state index contributed by atoms with van der Waals surface area (Å²) in [5, 5.41) is 8.92. The van der Waals surface area contributed by atoms with Crippen LogP contribution in [0.3, 0.4) is 0 Å². The Balaban J connectivity index is 1.38. The van der Waals surface area contributed by atoms with E-state index in [1.807, 2.05) is 0 Å². The van der Waals surface area contributed by atoms with Crippen LogP contribution in [0.4, 0.5) is 0 Å². The Kier molecular flexibility index (Phi) is 3.08. The standard InChI is InChI=1S/C22H28ClNO2/c1-21-8-6-12-11-4-5-17(24)20(23)14(11)3-2-13(12)19(21)15-10-16(15)22(21)9-7-18(25)26-22/h11-13,15-16,19,24H,2-10H2,1H3/t11?,12?,13-,15?,16+,19?,21?,22-/m0/s1. The molecule has 4 saturated carbocycles. The van der Waals surface area contributed by atoms with E-state index in [9.17, 15) is 4.79 Å². The molecule has 6 aliphatic rings. The number of carbonyl (C=O) groups is 1. The maximum absolute atomic E-state index is 12.1. The lowest BCUT2D eigenvalue weighted by Gasteiger charge is -2.57. The number of halogens is 1. The quantitative estimate of drug-likeness (QED) is 0.602. The second-order valence-electron chi connectivity index (χ2n) is 10.2. The Morgan fingerprint density at radius 2 is 1.92 bits per heavy atom. The number of ether oxygens (including phenoxy) is 1. The van der Waals surface area contributed by atoms with E-state index in [2.05, 4.69) is 6.92 Å². The van der Waals surface area contributed by atoms with Crippen LogP contribution in [-0.4, -0.2) is 17.3 Å². The predicted octanol–water partition coefficient (Wildman–Crippen LogP) is 5.08. The highest BCUT2D eigenvalue weighted by Crippen LogP contribution is 2.78. The van der Waals surface area contributed by atoms with Crippen LogP contribution in [0.5, 0.6) is 0 Å². The molecule has 0 aromatic carbocycles. The summed E-state index contributed by atoms with van der Waals surface area (Å²) in [4.78, 5) is 12.1. The van der Waals surface area contributed by atoms with Gasteiger partial charge in [0.15, 0.2) is 0 Å². The zero-order chi connectivity index (χ0) is 17.8. The van der Waals surface area contributed by atoms with Crippen LogP contribution in [0.1, 0.15) is 64.7 Å². The van der Waals surface area contributed by atoms with E-state index in [0.29, 0.717) is 24.0 Å². The third-order valence-electron chi connectivity index (χ3n) is 9.57. The first-order valence-electron chi connectivity index (χ1n) is 10.6. The fourth-order valence-corrected chi connectivity index (χ4v) is 8.95. The van der Waals surface area contributed by atoms with E-state index < -0.39 is 0 Å². The number of fused-ring (bicyclic) bond motifs is 9. The Morgan fingerprint density at radius 3 is 2.69 bits per heavy atom. The SMILES string of the molecule is CC12CCC3C4CCC(=N)C(Cl)=C4CC[C@@H]3C1C1C[C@H]1[C@@]21CCC(=O)O1. The summed E-state index contributed by atoms with van der Waals surface area (Å²) in [6.45, 7) is 2.47. The second-order valence-corrected chi connectivity index (χ2v) is 10.6. The first-order chi connectivity index (χ1) is 12.5. The molecular formula is C22H28ClNO2. The fourth-order valence-electron chi connectivity index (χ4n) is 8.62. The molecule has 140 valence electrons. The highest BCUT2D eigenvalue weighted by atomic mass is 35.5. The normalized spacial score (nSPS) is 54.5. The molecule has 5 aliphatic carbocycles. The summed E-state index contributed by atoms with van der Waals surface area (Å²) in [7, 11) is 0. The van der Waals surface area contributed by atoms with Gasteiger partial charge in [0.2, 0.25) is 0 Å². The van der Waals surface area contributed by atoms with E-state index in [0.717, 1.165) is 54.4 Å². The lowest BCUT2D eigenvalue weighted by molar-refractivity contribution is -0.174. The minimum Gasteiger partial charge on any atom is -0.458 e. The van der Waals surface area contributed by atoms with E-state index in [1.54, 1.807) is 0 Å². The molecule has 5 unspecified atom stereocenters. The molecule has 1 N–H and O–H groups in total. The van der Waals surface area contributed by atoms with E-state index >= 15 is 0 Å². The van der Waals surface area contributed by atoms with Crippen molar-refractivity contribution in [1.29, 1.82) is 5.41 Å². The predicted molar refractivity (Wildman–Crippen MR) is 100 cm³/mol. The molecule has 5 fully saturated rings. The second kappa shape index (κ2) is 4.96. The molecule has 1 aliphatic heterocycles. The van der Waals surface area contributed by atoms with Gasteiger partial charge in [0, 0.05) is 23.5 Å². The van der Waals surface area contributed by atoms with Gasteiger partial charge in [-0.1, -0.05) is 18.5 Å². The van der Waals surface area contributed by atoms with Crippen LogP contribution < -0.4 is 0 Å². The number of carbonyl (C=O) groups excluding carboxylic acids is 1. The summed E-state index contributed by atoms with van der Waals surface area (Å²) in [6, 6.07) is 0. The highest BCUT2D eigenvalue weighted by Gasteiger charge is 2.78. The Labute approximate surface area is 160 Å². The average molecular weight is 374 g/mol. The molecule has 0 radical (unpaired) electrons. The summed E-state index contributed by atoms with van der Waals surface area (Å²) >= 11 is 6.56. The summed E-state index contributed by atoms with van der Waals surface area (Å²) < 4.78 is 6.16. The van der Waals surface area contributed by atoms with Gasteiger partial charge in [-0.05, 0) is 86.5 Å². The molecule has 0 aromatic rings. The van der Waals surface area contributed by atoms with Crippen LogP contribution in [0.2, 0.25) is 0 Å². The van der Waals surface area contributed by atoms with E-state index in [4.69, 9.17) is 21.7 Å². The smallest absolute Gasteiger partial charge is 0.306 e. The number of rotatable bonds is 0. The molecule has 3 nitrogen and oxygen atoms in total. The molecule has 26 heavy (non-hydrogen) atoms. The largest absolute Gasteiger partial charge is 0.458 e. The Bertz CT molecular complexity index is 759. The van der Waals surface area contributed by atoms with Crippen molar-refractivity contribution in [2.75, 3.05) is 0 Å². The Morgan fingerprint density at radius 1 is 1.08 bits per heavy atom. The van der Waals surface area contributed by atoms with Gasteiger partial charge in [0.25, 0.3) is 0 Å². The van der Waals surface area contributed by atoms with Gasteiger partial charge >= 0.3 is 5.97 Å². The van der Waals surface area contributed by atoms with Gasteiger partial charge in [-0.2, -0.15) is 0 Å². The maximum Gasteiger partial charge on any atom is 0.306 e. The van der Waals surface area contributed by atoms with Crippen molar-refractivity contribution >= 4 is 23.3 Å². The topological polar surface area (TPSA) is 50.2 Å². The van der Waals surface area contributed by atoms with Crippen molar-refractivity contribution < 1.29 is 9.53 Å². The van der Waals surface area contributed by atoms with Crippen LogP contribution in [0.15, 0.2) is 10.6 Å². The molecule has 0 amide bonds. The van der Waals surface area contributed by atoms with E-state index in [-0.39, 0.29) is 17.0 Å². The minimum absolute atomic E-state index is 0.0473. The number of hydrogen-bond donors (Lipinski definition) is 1. The number of allylic oxidation sites excluding steroid dienone is 2. The van der Waals surface area contributed by atoms with Crippen molar-refractivity contribution in [1.82, 2.24) is 0 Å². The van der Waals surface area contributed by atoms with Crippen molar-refractivity contribution in [2.24, 2.45) is 40.9 Å². The van der Waals surface area contributed by atoms with E-state index in [1.165, 1.54) is 31.3 Å². The number of nitrogens with one attached hydrogen (secondary N) is 1. The molecule has 1 spiro atoms. The van der Waals surface area contributed by atoms with Crippen LogP contribution >= 0.6 is 11.6 Å². The number of esters is 1. The van der Waals surface area contributed by atoms with Crippen molar-refractivity contribution in [3.63, 3.8) is 0 Å². The molecular weight excluding hydrogens is 346 g/mol. The monoisotopic (exact) mass is 373 g/mol. The van der Waals surface area contributed by atoms with Crippen molar-refractivity contribution in [3.8, 4) is 0 Å². The fraction of sp³-hybridized carbons (Fsp3) is 0.818. The van der Waals surface area contributed by atoms with Gasteiger partial charge in [-0.25, -0.2) is 0 Å². The van der Waals surface area contributed by atoms with Gasteiger partial charge in [-0.15, -0.1) is 0 Å². The number of hydrogen-bond acceptors (Lipinski definition) is 3. The molecule has 0 aromatic heterocycles. The van der Waals surface area contributed by atoms with Crippen LogP contribution in [0.25, 0.3) is 0 Å². The van der Waals surface area contributed by atoms with Gasteiger partial charge in [0.1, 0.15) is 5.60 Å². The minimum atomic E-state index is -0.132. The zero-order valence-electron chi connectivity index (χ0n) is 15.5. The van der Waals surface area contributed by atoms with Crippen molar-refractivity contribution in [3.05, 3.63) is 10.6 Å². The van der Waals surface area contributed by atoms with Crippen LogP contribution in [-0.2, 0) is 9.53 Å². The lowest BCUT2D eigenvalue weighted by Crippen LogP contribution is -2.55. The van der Waals surface area contributed by atoms with Gasteiger partial charge in [0.05, 0.1) is 5.03 Å². The first kappa shape index (κ1) is 16.2. The summed E-state index contributed by atoms with van der Waals surface area (Å²) in [6.07, 6.45) is 9.64. The first-order valence-corrected chi connectivity index (χ1v) is 11.0. The molecule has 6 rings (SSSR count). The summed E-state index contributed by atoms with van der Waals surface area (Å²) in [5.74, 6) is 4.34. The van der Waals surface area contributed by atoms with Gasteiger partial charge < -0.3 is 10.1 Å².